The zero-order valence-corrected chi connectivity index (χ0v) is 12.4. The van der Waals surface area contributed by atoms with Gasteiger partial charge in [-0.25, -0.2) is 0 Å². The van der Waals surface area contributed by atoms with Gasteiger partial charge in [-0.05, 0) is 46.0 Å². The van der Waals surface area contributed by atoms with Gasteiger partial charge in [-0.3, -0.25) is 0 Å². The van der Waals surface area contributed by atoms with Gasteiger partial charge in [0.15, 0.2) is 0 Å². The van der Waals surface area contributed by atoms with Crippen LogP contribution in [-0.4, -0.2) is 40.1 Å². The van der Waals surface area contributed by atoms with E-state index >= 15 is 0 Å². The zero-order valence-electron chi connectivity index (χ0n) is 12.4. The molecule has 6 nitrogen and oxygen atoms in total. The molecule has 2 fully saturated rings. The van der Waals surface area contributed by atoms with Crippen LogP contribution in [0.15, 0.2) is 0 Å². The average Bonchev–Trinajstić information content (AvgIpc) is 3.17. The van der Waals surface area contributed by atoms with E-state index in [0.717, 1.165) is 25.6 Å². The van der Waals surface area contributed by atoms with E-state index in [1.54, 1.807) is 0 Å². The van der Waals surface area contributed by atoms with Gasteiger partial charge in [0, 0.05) is 25.2 Å². The van der Waals surface area contributed by atoms with Crippen molar-refractivity contribution in [1.82, 2.24) is 15.0 Å². The molecule has 0 aromatic carbocycles. The quantitative estimate of drug-likeness (QED) is 0.860. The predicted octanol–water partition coefficient (Wildman–Crippen LogP) is 2.26. The molecule has 0 spiro atoms. The predicted molar refractivity (Wildman–Crippen MR) is 81.3 cm³/mol. The standard InChI is InChI=1S/C14H24N6/c1-3-15-11-16-12(19-14(2)7-8-14)18-13(17-11)20-9-5-4-6-10-20/h3-10H2,1-2H3,(H2,15,16,17,18,19). The fourth-order valence-corrected chi connectivity index (χ4v) is 2.48. The van der Waals surface area contributed by atoms with Gasteiger partial charge in [-0.2, -0.15) is 15.0 Å². The molecular weight excluding hydrogens is 252 g/mol. The van der Waals surface area contributed by atoms with Crippen LogP contribution in [0.1, 0.15) is 46.0 Å². The number of aromatic nitrogens is 3. The minimum atomic E-state index is 0.185. The van der Waals surface area contributed by atoms with E-state index in [2.05, 4.69) is 44.3 Å². The molecule has 0 unspecified atom stereocenters. The Morgan fingerprint density at radius 3 is 2.40 bits per heavy atom. The van der Waals surface area contributed by atoms with Crippen LogP contribution in [-0.2, 0) is 0 Å². The Labute approximate surface area is 120 Å². The molecule has 3 rings (SSSR count). The van der Waals surface area contributed by atoms with E-state index in [-0.39, 0.29) is 5.54 Å². The lowest BCUT2D eigenvalue weighted by Crippen LogP contribution is -2.32. The first-order valence-corrected chi connectivity index (χ1v) is 7.72. The molecule has 20 heavy (non-hydrogen) atoms. The molecule has 0 atom stereocenters. The number of nitrogens with zero attached hydrogens (tertiary/aromatic N) is 4. The van der Waals surface area contributed by atoms with Gasteiger partial charge in [0.25, 0.3) is 0 Å². The van der Waals surface area contributed by atoms with Gasteiger partial charge >= 0.3 is 0 Å². The van der Waals surface area contributed by atoms with Crippen molar-refractivity contribution in [2.45, 2.75) is 51.5 Å². The maximum Gasteiger partial charge on any atom is 0.231 e. The van der Waals surface area contributed by atoms with Crippen LogP contribution >= 0.6 is 0 Å². The van der Waals surface area contributed by atoms with Crippen LogP contribution in [0.2, 0.25) is 0 Å². The number of nitrogens with one attached hydrogen (secondary N) is 2. The Morgan fingerprint density at radius 2 is 1.75 bits per heavy atom. The van der Waals surface area contributed by atoms with Gasteiger partial charge in [0.2, 0.25) is 17.8 Å². The lowest BCUT2D eigenvalue weighted by atomic mass is 10.1. The third-order valence-corrected chi connectivity index (χ3v) is 4.01. The van der Waals surface area contributed by atoms with Crippen LogP contribution in [0.25, 0.3) is 0 Å². The van der Waals surface area contributed by atoms with Crippen molar-refractivity contribution < 1.29 is 0 Å². The third-order valence-electron chi connectivity index (χ3n) is 4.01. The average molecular weight is 276 g/mol. The van der Waals surface area contributed by atoms with E-state index in [9.17, 15) is 0 Å². The maximum atomic E-state index is 4.62. The van der Waals surface area contributed by atoms with Crippen molar-refractivity contribution in [2.75, 3.05) is 35.2 Å². The molecule has 0 amide bonds. The number of rotatable bonds is 5. The molecule has 1 saturated carbocycles. The molecule has 1 aromatic rings. The van der Waals surface area contributed by atoms with Crippen molar-refractivity contribution >= 4 is 17.8 Å². The first-order chi connectivity index (χ1) is 9.68. The number of anilines is 3. The smallest absolute Gasteiger partial charge is 0.231 e. The molecular formula is C14H24N6. The van der Waals surface area contributed by atoms with E-state index in [4.69, 9.17) is 0 Å². The molecule has 6 heteroatoms. The number of hydrogen-bond donors (Lipinski definition) is 2. The SMILES string of the molecule is CCNc1nc(NC2(C)CC2)nc(N2CCCCC2)n1. The van der Waals surface area contributed by atoms with Crippen LogP contribution in [0, 0.1) is 0 Å². The Bertz CT molecular complexity index is 465. The minimum Gasteiger partial charge on any atom is -0.354 e. The Hall–Kier alpha value is -1.59. The summed E-state index contributed by atoms with van der Waals surface area (Å²) in [6.07, 6.45) is 6.14. The van der Waals surface area contributed by atoms with Crippen LogP contribution in [0.3, 0.4) is 0 Å². The van der Waals surface area contributed by atoms with Crippen molar-refractivity contribution in [3.8, 4) is 0 Å². The fraction of sp³-hybridized carbons (Fsp3) is 0.786. The second-order valence-electron chi connectivity index (χ2n) is 6.05. The zero-order chi connectivity index (χ0) is 14.0. The van der Waals surface area contributed by atoms with Gasteiger partial charge in [0.1, 0.15) is 0 Å². The molecule has 1 aliphatic heterocycles. The molecule has 0 bridgehead atoms. The molecule has 1 saturated heterocycles. The highest BCUT2D eigenvalue weighted by atomic mass is 15.3. The van der Waals surface area contributed by atoms with Crippen LogP contribution in [0.4, 0.5) is 17.8 Å². The summed E-state index contributed by atoms with van der Waals surface area (Å²) in [6.45, 7) is 7.18. The summed E-state index contributed by atoms with van der Waals surface area (Å²) >= 11 is 0. The fourth-order valence-electron chi connectivity index (χ4n) is 2.48. The van der Waals surface area contributed by atoms with Gasteiger partial charge < -0.3 is 15.5 Å². The van der Waals surface area contributed by atoms with E-state index in [0.29, 0.717) is 11.9 Å². The molecule has 1 aromatic heterocycles. The minimum absolute atomic E-state index is 0.185. The van der Waals surface area contributed by atoms with Gasteiger partial charge in [-0.1, -0.05) is 0 Å². The van der Waals surface area contributed by atoms with E-state index < -0.39 is 0 Å². The Morgan fingerprint density at radius 1 is 1.05 bits per heavy atom. The summed E-state index contributed by atoms with van der Waals surface area (Å²) in [4.78, 5) is 15.9. The van der Waals surface area contributed by atoms with E-state index in [1.807, 2.05) is 0 Å². The Kier molecular flexibility index (Phi) is 3.63. The Balaban J connectivity index is 1.83. The number of piperidine rings is 1. The molecule has 1 aliphatic carbocycles. The third kappa shape index (κ3) is 3.11. The molecule has 0 radical (unpaired) electrons. The molecule has 2 N–H and O–H groups in total. The molecule has 2 aliphatic rings. The summed E-state index contributed by atoms with van der Waals surface area (Å²) in [5.74, 6) is 2.19. The first-order valence-electron chi connectivity index (χ1n) is 7.72. The van der Waals surface area contributed by atoms with Crippen LogP contribution in [0.5, 0.6) is 0 Å². The topological polar surface area (TPSA) is 66.0 Å². The largest absolute Gasteiger partial charge is 0.354 e. The van der Waals surface area contributed by atoms with Crippen molar-refractivity contribution in [1.29, 1.82) is 0 Å². The lowest BCUT2D eigenvalue weighted by molar-refractivity contribution is 0.567. The highest BCUT2D eigenvalue weighted by molar-refractivity contribution is 5.46. The highest BCUT2D eigenvalue weighted by Gasteiger charge is 2.38. The monoisotopic (exact) mass is 276 g/mol. The summed E-state index contributed by atoms with van der Waals surface area (Å²) < 4.78 is 0. The summed E-state index contributed by atoms with van der Waals surface area (Å²) in [6, 6.07) is 0. The first kappa shape index (κ1) is 13.4. The van der Waals surface area contributed by atoms with E-state index in [1.165, 1.54) is 32.1 Å². The molecule has 2 heterocycles. The van der Waals surface area contributed by atoms with Crippen LogP contribution < -0.4 is 15.5 Å². The second-order valence-corrected chi connectivity index (χ2v) is 6.05. The second kappa shape index (κ2) is 5.42. The normalized spacial score (nSPS) is 20.6. The van der Waals surface area contributed by atoms with Crippen molar-refractivity contribution in [2.24, 2.45) is 0 Å². The maximum absolute atomic E-state index is 4.62. The highest BCUT2D eigenvalue weighted by Crippen LogP contribution is 2.37. The summed E-state index contributed by atoms with van der Waals surface area (Å²) in [7, 11) is 0. The lowest BCUT2D eigenvalue weighted by Gasteiger charge is -2.27. The molecule has 110 valence electrons. The number of hydrogen-bond acceptors (Lipinski definition) is 6. The summed E-state index contributed by atoms with van der Waals surface area (Å²) in [5.41, 5.74) is 0.185. The van der Waals surface area contributed by atoms with Gasteiger partial charge in [-0.15, -0.1) is 0 Å². The van der Waals surface area contributed by atoms with Crippen molar-refractivity contribution in [3.05, 3.63) is 0 Å². The van der Waals surface area contributed by atoms with Gasteiger partial charge in [0.05, 0.1) is 0 Å². The van der Waals surface area contributed by atoms with Crippen molar-refractivity contribution in [3.63, 3.8) is 0 Å². The summed E-state index contributed by atoms with van der Waals surface area (Å²) in [5, 5.41) is 6.65.